The Hall–Kier alpha value is -1.14. The summed E-state index contributed by atoms with van der Waals surface area (Å²) in [5, 5.41) is 5.01. The Bertz CT molecular complexity index is 741. The second kappa shape index (κ2) is 7.40. The molecule has 1 aliphatic rings. The number of hydrogen-bond donors (Lipinski definition) is 1. The van der Waals surface area contributed by atoms with E-state index in [-0.39, 0.29) is 11.2 Å². The molecule has 2 aromatic rings. The van der Waals surface area contributed by atoms with Crippen LogP contribution in [0, 0.1) is 11.8 Å². The molecule has 1 N–H and O–H groups in total. The Labute approximate surface area is 151 Å². The molecule has 0 spiro atoms. The summed E-state index contributed by atoms with van der Waals surface area (Å²) < 4.78 is 0. The summed E-state index contributed by atoms with van der Waals surface area (Å²) in [6, 6.07) is 0. The number of thiophene rings is 1. The highest BCUT2D eigenvalue weighted by atomic mass is 32.2. The van der Waals surface area contributed by atoms with Crippen molar-refractivity contribution in [1.29, 1.82) is 0 Å². The molecule has 0 unspecified atom stereocenters. The van der Waals surface area contributed by atoms with Crippen molar-refractivity contribution >= 4 is 39.2 Å². The van der Waals surface area contributed by atoms with Gasteiger partial charge in [0.25, 0.3) is 0 Å². The van der Waals surface area contributed by atoms with Crippen molar-refractivity contribution < 1.29 is 4.79 Å². The summed E-state index contributed by atoms with van der Waals surface area (Å²) in [5.74, 6) is 1.29. The van der Waals surface area contributed by atoms with Gasteiger partial charge in [0.05, 0.1) is 5.25 Å². The monoisotopic (exact) mass is 363 g/mol. The lowest BCUT2D eigenvalue weighted by atomic mass is 9.89. The molecule has 0 fully saturated rings. The van der Waals surface area contributed by atoms with Crippen LogP contribution in [0.5, 0.6) is 0 Å². The molecule has 6 heteroatoms. The highest BCUT2D eigenvalue weighted by Crippen LogP contribution is 2.41. The summed E-state index contributed by atoms with van der Waals surface area (Å²) in [4.78, 5) is 23.8. The Kier molecular flexibility index (Phi) is 5.45. The summed E-state index contributed by atoms with van der Waals surface area (Å²) in [5.41, 5.74) is 1.42. The molecule has 0 aliphatic heterocycles. The first kappa shape index (κ1) is 17.7. The lowest BCUT2D eigenvalue weighted by Gasteiger charge is -2.18. The number of rotatable bonds is 5. The van der Waals surface area contributed by atoms with Gasteiger partial charge in [0.15, 0.2) is 0 Å². The average molecular weight is 364 g/mol. The molecule has 0 aromatic carbocycles. The first-order valence-corrected chi connectivity index (χ1v) is 10.3. The third-order valence-electron chi connectivity index (χ3n) is 4.40. The molecule has 0 saturated heterocycles. The molecule has 2 heterocycles. The van der Waals surface area contributed by atoms with Gasteiger partial charge >= 0.3 is 0 Å². The Balaban J connectivity index is 1.83. The number of aryl methyl sites for hydroxylation is 1. The standard InChI is InChI=1S/C18H25N3OS2/c1-10(2)8-19-16(22)12(4)23-17-15-13-6-5-11(3)7-14(13)24-18(15)21-9-20-17/h9-12H,5-8H2,1-4H3,(H,19,22)/t11-,12-/m1/s1. The van der Waals surface area contributed by atoms with Crippen LogP contribution >= 0.6 is 23.1 Å². The van der Waals surface area contributed by atoms with Gasteiger partial charge in [-0.1, -0.05) is 32.5 Å². The molecule has 0 bridgehead atoms. The summed E-state index contributed by atoms with van der Waals surface area (Å²) >= 11 is 3.36. The van der Waals surface area contributed by atoms with Crippen molar-refractivity contribution in [2.24, 2.45) is 11.8 Å². The highest BCUT2D eigenvalue weighted by Gasteiger charge is 2.25. The lowest BCUT2D eigenvalue weighted by Crippen LogP contribution is -2.33. The van der Waals surface area contributed by atoms with Crippen LogP contribution in [0.3, 0.4) is 0 Å². The molecule has 1 aliphatic carbocycles. The van der Waals surface area contributed by atoms with E-state index >= 15 is 0 Å². The van der Waals surface area contributed by atoms with Gasteiger partial charge in [0.2, 0.25) is 5.91 Å². The van der Waals surface area contributed by atoms with E-state index in [0.29, 0.717) is 12.5 Å². The van der Waals surface area contributed by atoms with Crippen molar-refractivity contribution in [3.05, 3.63) is 16.8 Å². The minimum Gasteiger partial charge on any atom is -0.355 e. The number of fused-ring (bicyclic) bond motifs is 3. The van der Waals surface area contributed by atoms with E-state index in [0.717, 1.165) is 28.6 Å². The van der Waals surface area contributed by atoms with E-state index in [1.807, 2.05) is 6.92 Å². The van der Waals surface area contributed by atoms with Gasteiger partial charge in [0, 0.05) is 16.8 Å². The van der Waals surface area contributed by atoms with Crippen LogP contribution in [-0.2, 0) is 17.6 Å². The normalized spacial score (nSPS) is 18.6. The van der Waals surface area contributed by atoms with Gasteiger partial charge in [-0.05, 0) is 43.6 Å². The zero-order valence-electron chi connectivity index (χ0n) is 14.8. The molecule has 0 saturated carbocycles. The Morgan fingerprint density at radius 3 is 2.96 bits per heavy atom. The lowest BCUT2D eigenvalue weighted by molar-refractivity contribution is -0.120. The number of carbonyl (C=O) groups excluding carboxylic acids is 1. The maximum absolute atomic E-state index is 12.3. The van der Waals surface area contributed by atoms with Crippen molar-refractivity contribution in [3.8, 4) is 0 Å². The molecular weight excluding hydrogens is 338 g/mol. The molecular formula is C18H25N3OS2. The first-order chi connectivity index (χ1) is 11.5. The van der Waals surface area contributed by atoms with Crippen molar-refractivity contribution in [1.82, 2.24) is 15.3 Å². The summed E-state index contributed by atoms with van der Waals surface area (Å²) in [7, 11) is 0. The number of thioether (sulfide) groups is 1. The molecule has 3 rings (SSSR count). The number of hydrogen-bond acceptors (Lipinski definition) is 5. The highest BCUT2D eigenvalue weighted by molar-refractivity contribution is 8.00. The SMILES string of the molecule is CC(C)CNC(=O)[C@@H](C)Sc1ncnc2sc3c(c12)CC[C@@H](C)C3. The molecule has 2 atom stereocenters. The average Bonchev–Trinajstić information content (AvgIpc) is 2.90. The number of nitrogens with zero attached hydrogens (tertiary/aromatic N) is 2. The van der Waals surface area contributed by atoms with Gasteiger partial charge in [-0.25, -0.2) is 9.97 Å². The van der Waals surface area contributed by atoms with Crippen LogP contribution in [-0.4, -0.2) is 27.7 Å². The van der Waals surface area contributed by atoms with E-state index in [1.54, 1.807) is 29.4 Å². The fourth-order valence-corrected chi connectivity index (χ4v) is 5.39. The second-order valence-corrected chi connectivity index (χ2v) is 9.52. The molecule has 4 nitrogen and oxygen atoms in total. The van der Waals surface area contributed by atoms with Crippen molar-refractivity contribution in [3.63, 3.8) is 0 Å². The second-order valence-electron chi connectivity index (χ2n) is 7.11. The van der Waals surface area contributed by atoms with Gasteiger partial charge in [-0.15, -0.1) is 11.3 Å². The number of carbonyl (C=O) groups is 1. The largest absolute Gasteiger partial charge is 0.355 e. The third-order valence-corrected chi connectivity index (χ3v) is 6.66. The maximum atomic E-state index is 12.3. The fourth-order valence-electron chi connectivity index (χ4n) is 3.00. The van der Waals surface area contributed by atoms with Crippen LogP contribution in [0.4, 0.5) is 0 Å². The number of amides is 1. The molecule has 0 radical (unpaired) electrons. The topological polar surface area (TPSA) is 54.9 Å². The zero-order chi connectivity index (χ0) is 17.3. The van der Waals surface area contributed by atoms with E-state index in [4.69, 9.17) is 0 Å². The van der Waals surface area contributed by atoms with E-state index < -0.39 is 0 Å². The zero-order valence-corrected chi connectivity index (χ0v) is 16.4. The number of nitrogens with one attached hydrogen (secondary N) is 1. The third kappa shape index (κ3) is 3.75. The van der Waals surface area contributed by atoms with Crippen molar-refractivity contribution in [2.45, 2.75) is 57.2 Å². The predicted molar refractivity (Wildman–Crippen MR) is 102 cm³/mol. The quantitative estimate of drug-likeness (QED) is 0.643. The van der Waals surface area contributed by atoms with E-state index in [9.17, 15) is 4.79 Å². The van der Waals surface area contributed by atoms with Gasteiger partial charge in [-0.3, -0.25) is 4.79 Å². The summed E-state index contributed by atoms with van der Waals surface area (Å²) in [6.45, 7) is 9.19. The number of aromatic nitrogens is 2. The Morgan fingerprint density at radius 1 is 1.42 bits per heavy atom. The van der Waals surface area contributed by atoms with Crippen LogP contribution in [0.1, 0.15) is 44.6 Å². The summed E-state index contributed by atoms with van der Waals surface area (Å²) in [6.07, 6.45) is 5.10. The molecule has 2 aromatic heterocycles. The Morgan fingerprint density at radius 2 is 2.21 bits per heavy atom. The first-order valence-electron chi connectivity index (χ1n) is 8.65. The molecule has 24 heavy (non-hydrogen) atoms. The van der Waals surface area contributed by atoms with E-state index in [1.165, 1.54) is 22.2 Å². The predicted octanol–water partition coefficient (Wildman–Crippen LogP) is 4.07. The van der Waals surface area contributed by atoms with Crippen LogP contribution in [0.15, 0.2) is 11.4 Å². The van der Waals surface area contributed by atoms with Crippen LogP contribution in [0.2, 0.25) is 0 Å². The van der Waals surface area contributed by atoms with Gasteiger partial charge < -0.3 is 5.32 Å². The smallest absolute Gasteiger partial charge is 0.233 e. The molecule has 1 amide bonds. The van der Waals surface area contributed by atoms with Gasteiger partial charge in [-0.2, -0.15) is 0 Å². The van der Waals surface area contributed by atoms with Crippen LogP contribution < -0.4 is 5.32 Å². The minimum atomic E-state index is -0.153. The van der Waals surface area contributed by atoms with Crippen molar-refractivity contribution in [2.75, 3.05) is 6.54 Å². The van der Waals surface area contributed by atoms with E-state index in [2.05, 4.69) is 36.1 Å². The maximum Gasteiger partial charge on any atom is 0.233 e. The molecule has 130 valence electrons. The minimum absolute atomic E-state index is 0.0816. The van der Waals surface area contributed by atoms with Crippen LogP contribution in [0.25, 0.3) is 10.2 Å². The van der Waals surface area contributed by atoms with Gasteiger partial charge in [0.1, 0.15) is 16.2 Å². The fraction of sp³-hybridized carbons (Fsp3) is 0.611.